The Balaban J connectivity index is 1.77. The predicted molar refractivity (Wildman–Crippen MR) is 109 cm³/mol. The average molecular weight is 445 g/mol. The molecule has 10 heteroatoms. The molecule has 0 bridgehead atoms. The molecule has 2 atom stereocenters. The van der Waals surface area contributed by atoms with Gasteiger partial charge in [0.05, 0.1) is 13.2 Å². The molecule has 0 spiro atoms. The van der Waals surface area contributed by atoms with Crippen molar-refractivity contribution in [3.63, 3.8) is 0 Å². The molecule has 160 valence electrons. The van der Waals surface area contributed by atoms with Crippen LogP contribution in [0.25, 0.3) is 0 Å². The highest BCUT2D eigenvalue weighted by atomic mass is 32.1. The first-order valence-electron chi connectivity index (χ1n) is 9.57. The average Bonchev–Trinajstić information content (AvgIpc) is 3.30. The lowest BCUT2D eigenvalue weighted by Crippen LogP contribution is -2.66. The number of fused-ring (bicyclic) bond motifs is 2. The van der Waals surface area contributed by atoms with E-state index in [1.165, 1.54) is 33.2 Å². The molecule has 1 saturated heterocycles. The highest BCUT2D eigenvalue weighted by molar-refractivity contribution is 7.10. The Morgan fingerprint density at radius 2 is 2.00 bits per heavy atom. The van der Waals surface area contributed by atoms with Crippen LogP contribution in [0.5, 0.6) is 5.75 Å². The molecule has 4 heterocycles. The van der Waals surface area contributed by atoms with Gasteiger partial charge in [0.1, 0.15) is 12.2 Å². The van der Waals surface area contributed by atoms with Gasteiger partial charge in [-0.05, 0) is 29.1 Å². The lowest BCUT2D eigenvalue weighted by atomic mass is 10.0. The largest absolute Gasteiger partial charge is 0.502 e. The standard InChI is InChI=1S/C21H17F2N3O4S/c22-13-4-3-12(10-14(13)23)18(16-2-1-9-31-16)26-17-11-30-8-7-24(17)21(29)19-20(28)15(27)5-6-25(19)26/h1-6,9-10,17-18,28H,7-8,11H2/t17-,18-/m1/s1. The Morgan fingerprint density at radius 3 is 2.74 bits per heavy atom. The minimum atomic E-state index is -0.994. The predicted octanol–water partition coefficient (Wildman–Crippen LogP) is 2.43. The topological polar surface area (TPSA) is 75.0 Å². The number of carbonyl (C=O) groups is 1. The number of rotatable bonds is 3. The first kappa shape index (κ1) is 19.7. The van der Waals surface area contributed by atoms with Crippen LogP contribution in [0.4, 0.5) is 8.78 Å². The quantitative estimate of drug-likeness (QED) is 0.670. The van der Waals surface area contributed by atoms with E-state index in [1.54, 1.807) is 5.01 Å². The molecule has 2 aromatic heterocycles. The van der Waals surface area contributed by atoms with Gasteiger partial charge in [-0.15, -0.1) is 11.3 Å². The number of aromatic nitrogens is 1. The molecule has 2 aliphatic rings. The zero-order valence-corrected chi connectivity index (χ0v) is 16.9. The van der Waals surface area contributed by atoms with Crippen molar-refractivity contribution in [1.82, 2.24) is 9.58 Å². The van der Waals surface area contributed by atoms with Crippen LogP contribution in [0, 0.1) is 11.6 Å². The molecule has 0 saturated carbocycles. The van der Waals surface area contributed by atoms with E-state index in [1.807, 2.05) is 17.5 Å². The van der Waals surface area contributed by atoms with Crippen LogP contribution >= 0.6 is 11.3 Å². The van der Waals surface area contributed by atoms with E-state index in [0.29, 0.717) is 12.2 Å². The second-order valence-electron chi connectivity index (χ2n) is 7.25. The molecule has 0 radical (unpaired) electrons. The third-order valence-electron chi connectivity index (χ3n) is 5.51. The van der Waals surface area contributed by atoms with Crippen molar-refractivity contribution < 1.29 is 23.4 Å². The summed E-state index contributed by atoms with van der Waals surface area (Å²) in [5.74, 6) is -3.11. The summed E-state index contributed by atoms with van der Waals surface area (Å²) in [7, 11) is 0. The van der Waals surface area contributed by atoms with Gasteiger partial charge in [0.15, 0.2) is 23.1 Å². The third-order valence-corrected chi connectivity index (χ3v) is 6.44. The minimum Gasteiger partial charge on any atom is -0.502 e. The summed E-state index contributed by atoms with van der Waals surface area (Å²) in [4.78, 5) is 27.5. The number of halogens is 2. The maximum absolute atomic E-state index is 14.2. The van der Waals surface area contributed by atoms with Crippen molar-refractivity contribution in [2.24, 2.45) is 0 Å². The van der Waals surface area contributed by atoms with Gasteiger partial charge in [-0.25, -0.2) is 8.78 Å². The highest BCUT2D eigenvalue weighted by Gasteiger charge is 2.44. The summed E-state index contributed by atoms with van der Waals surface area (Å²) in [6.45, 7) is 0.740. The molecule has 1 N–H and O–H groups in total. The van der Waals surface area contributed by atoms with Crippen LogP contribution in [0.15, 0.2) is 52.8 Å². The summed E-state index contributed by atoms with van der Waals surface area (Å²) in [5.41, 5.74) is -0.396. The maximum Gasteiger partial charge on any atom is 0.278 e. The van der Waals surface area contributed by atoms with Crippen molar-refractivity contribution in [2.75, 3.05) is 24.8 Å². The number of aromatic hydroxyl groups is 1. The molecule has 5 rings (SSSR count). The van der Waals surface area contributed by atoms with E-state index in [2.05, 4.69) is 0 Å². The lowest BCUT2D eigenvalue weighted by molar-refractivity contribution is -0.0196. The number of amides is 1. The summed E-state index contributed by atoms with van der Waals surface area (Å²) in [6, 6.07) is 7.86. The second kappa shape index (κ2) is 7.47. The lowest BCUT2D eigenvalue weighted by Gasteiger charge is -2.51. The van der Waals surface area contributed by atoms with Gasteiger partial charge < -0.3 is 14.7 Å². The number of hydrogen-bond donors (Lipinski definition) is 1. The highest BCUT2D eigenvalue weighted by Crippen LogP contribution is 2.37. The van der Waals surface area contributed by atoms with Crippen LogP contribution in [-0.2, 0) is 4.74 Å². The van der Waals surface area contributed by atoms with Gasteiger partial charge in [0, 0.05) is 23.7 Å². The molecule has 0 unspecified atom stereocenters. The van der Waals surface area contributed by atoms with Crippen molar-refractivity contribution in [1.29, 1.82) is 0 Å². The Morgan fingerprint density at radius 1 is 1.16 bits per heavy atom. The number of benzene rings is 1. The fraction of sp³-hybridized carbons (Fsp3) is 0.238. The molecule has 1 amide bonds. The van der Waals surface area contributed by atoms with E-state index >= 15 is 0 Å². The summed E-state index contributed by atoms with van der Waals surface area (Å²) in [6.07, 6.45) is 0.817. The van der Waals surface area contributed by atoms with Gasteiger partial charge in [-0.2, -0.15) is 0 Å². The zero-order chi connectivity index (χ0) is 21.7. The van der Waals surface area contributed by atoms with E-state index in [0.717, 1.165) is 23.1 Å². The van der Waals surface area contributed by atoms with E-state index in [9.17, 15) is 23.5 Å². The van der Waals surface area contributed by atoms with Crippen LogP contribution < -0.4 is 10.4 Å². The molecule has 1 fully saturated rings. The van der Waals surface area contributed by atoms with Crippen LogP contribution in [0.1, 0.15) is 27.0 Å². The second-order valence-corrected chi connectivity index (χ2v) is 8.23. The van der Waals surface area contributed by atoms with Crippen molar-refractivity contribution in [3.05, 3.63) is 86.0 Å². The first-order valence-corrected chi connectivity index (χ1v) is 10.5. The molecular formula is C21H17F2N3O4S. The summed E-state index contributed by atoms with van der Waals surface area (Å²) in [5, 5.41) is 14.1. The van der Waals surface area contributed by atoms with Crippen LogP contribution in [-0.4, -0.2) is 46.5 Å². The third kappa shape index (κ3) is 3.10. The van der Waals surface area contributed by atoms with Crippen molar-refractivity contribution >= 4 is 17.2 Å². The molecule has 3 aromatic rings. The molecule has 1 aromatic carbocycles. The van der Waals surface area contributed by atoms with E-state index < -0.39 is 40.9 Å². The number of thiophene rings is 1. The van der Waals surface area contributed by atoms with Gasteiger partial charge in [0.25, 0.3) is 5.91 Å². The van der Waals surface area contributed by atoms with Gasteiger partial charge in [-0.1, -0.05) is 12.1 Å². The molecule has 7 nitrogen and oxygen atoms in total. The number of ether oxygens (including phenoxy) is 1. The minimum absolute atomic E-state index is 0.170. The number of pyridine rings is 1. The monoisotopic (exact) mass is 445 g/mol. The summed E-state index contributed by atoms with van der Waals surface area (Å²) >= 11 is 1.41. The normalized spacial score (nSPS) is 19.2. The van der Waals surface area contributed by atoms with E-state index in [4.69, 9.17) is 4.74 Å². The number of nitrogens with zero attached hydrogens (tertiary/aromatic N) is 3. The van der Waals surface area contributed by atoms with Crippen molar-refractivity contribution in [2.45, 2.75) is 12.2 Å². The Hall–Kier alpha value is -3.24. The zero-order valence-electron chi connectivity index (χ0n) is 16.1. The first-order chi connectivity index (χ1) is 15.0. The molecule has 0 aliphatic carbocycles. The number of hydrogen-bond acceptors (Lipinski definition) is 6. The molecular weight excluding hydrogens is 428 g/mol. The maximum atomic E-state index is 14.2. The Bertz CT molecular complexity index is 1210. The Labute approximate surface area is 179 Å². The summed E-state index contributed by atoms with van der Waals surface area (Å²) < 4.78 is 34.9. The molecule has 31 heavy (non-hydrogen) atoms. The Kier molecular flexibility index (Phi) is 4.75. The number of carbonyl (C=O) groups excluding carboxylic acids is 1. The van der Waals surface area contributed by atoms with Gasteiger partial charge >= 0.3 is 0 Å². The van der Waals surface area contributed by atoms with Crippen LogP contribution in [0.2, 0.25) is 0 Å². The fourth-order valence-electron chi connectivity index (χ4n) is 4.11. The van der Waals surface area contributed by atoms with Crippen LogP contribution in [0.3, 0.4) is 0 Å². The van der Waals surface area contributed by atoms with Gasteiger partial charge in [0.2, 0.25) is 5.43 Å². The van der Waals surface area contributed by atoms with E-state index in [-0.39, 0.29) is 18.8 Å². The fourth-order valence-corrected chi connectivity index (χ4v) is 4.95. The SMILES string of the molecule is O=C1c2c(O)c(=O)ccn2N([C@H](c2ccc(F)c(F)c2)c2cccs2)[C@@H]2COCCN12. The number of morpholine rings is 1. The van der Waals surface area contributed by atoms with Gasteiger partial charge in [-0.3, -0.25) is 19.3 Å². The van der Waals surface area contributed by atoms with Crippen molar-refractivity contribution in [3.8, 4) is 5.75 Å². The smallest absolute Gasteiger partial charge is 0.278 e. The molecule has 2 aliphatic heterocycles.